The van der Waals surface area contributed by atoms with Gasteiger partial charge >= 0.3 is 6.18 Å². The second kappa shape index (κ2) is 6.94. The van der Waals surface area contributed by atoms with Gasteiger partial charge in [-0.3, -0.25) is 9.69 Å². The number of nitrogens with one attached hydrogen (secondary N) is 1. The Morgan fingerprint density at radius 3 is 2.33 bits per heavy atom. The standard InChI is InChI=1S/C11H20F3N3O/c1-2-15-4-3-10(18)17-7-5-16(6-8-17)9-11(12,13)14/h15H,2-9H2,1H3. The molecule has 1 aliphatic rings. The molecule has 1 N–H and O–H groups in total. The van der Waals surface area contributed by atoms with E-state index in [2.05, 4.69) is 5.32 Å². The zero-order valence-electron chi connectivity index (χ0n) is 10.6. The van der Waals surface area contributed by atoms with Crippen LogP contribution in [0.25, 0.3) is 0 Å². The van der Waals surface area contributed by atoms with Crippen LogP contribution in [0.1, 0.15) is 13.3 Å². The monoisotopic (exact) mass is 267 g/mol. The summed E-state index contributed by atoms with van der Waals surface area (Å²) in [7, 11) is 0. The molecule has 1 aliphatic heterocycles. The van der Waals surface area contributed by atoms with E-state index in [1.807, 2.05) is 6.92 Å². The zero-order valence-corrected chi connectivity index (χ0v) is 10.6. The summed E-state index contributed by atoms with van der Waals surface area (Å²) in [6.45, 7) is 3.89. The smallest absolute Gasteiger partial charge is 0.340 e. The summed E-state index contributed by atoms with van der Waals surface area (Å²) in [4.78, 5) is 14.7. The van der Waals surface area contributed by atoms with Crippen LogP contribution in [0, 0.1) is 0 Å². The molecule has 1 rings (SSSR count). The van der Waals surface area contributed by atoms with E-state index in [9.17, 15) is 18.0 Å². The first-order valence-electron chi connectivity index (χ1n) is 6.20. The highest BCUT2D eigenvalue weighted by Crippen LogP contribution is 2.17. The van der Waals surface area contributed by atoms with E-state index >= 15 is 0 Å². The summed E-state index contributed by atoms with van der Waals surface area (Å²) >= 11 is 0. The number of hydrogen-bond donors (Lipinski definition) is 1. The fraction of sp³-hybridized carbons (Fsp3) is 0.909. The number of rotatable bonds is 5. The summed E-state index contributed by atoms with van der Waals surface area (Å²) in [6.07, 6.45) is -3.75. The Kier molecular flexibility index (Phi) is 5.87. The van der Waals surface area contributed by atoms with Crippen LogP contribution in [0.4, 0.5) is 13.2 Å². The van der Waals surface area contributed by atoms with Crippen molar-refractivity contribution in [2.24, 2.45) is 0 Å². The average molecular weight is 267 g/mol. The van der Waals surface area contributed by atoms with Crippen LogP contribution in [0.15, 0.2) is 0 Å². The minimum absolute atomic E-state index is 0.0163. The molecule has 18 heavy (non-hydrogen) atoms. The average Bonchev–Trinajstić information content (AvgIpc) is 2.28. The molecule has 1 saturated heterocycles. The second-order valence-electron chi connectivity index (χ2n) is 4.38. The third-order valence-electron chi connectivity index (χ3n) is 2.89. The lowest BCUT2D eigenvalue weighted by molar-refractivity contribution is -0.151. The number of nitrogens with zero attached hydrogens (tertiary/aromatic N) is 2. The quantitative estimate of drug-likeness (QED) is 0.745. The van der Waals surface area contributed by atoms with E-state index in [4.69, 9.17) is 0 Å². The van der Waals surface area contributed by atoms with Gasteiger partial charge in [0.15, 0.2) is 0 Å². The molecule has 0 aromatic carbocycles. The summed E-state index contributed by atoms with van der Waals surface area (Å²) in [5.74, 6) is 0.0163. The fourth-order valence-corrected chi connectivity index (χ4v) is 1.94. The number of piperazine rings is 1. The van der Waals surface area contributed by atoms with Gasteiger partial charge in [-0.05, 0) is 6.54 Å². The number of alkyl halides is 3. The van der Waals surface area contributed by atoms with Gasteiger partial charge in [-0.1, -0.05) is 6.92 Å². The number of halogens is 3. The lowest BCUT2D eigenvalue weighted by Gasteiger charge is -2.35. The molecule has 4 nitrogen and oxygen atoms in total. The highest BCUT2D eigenvalue weighted by atomic mass is 19.4. The van der Waals surface area contributed by atoms with E-state index in [0.717, 1.165) is 6.54 Å². The first-order valence-corrected chi connectivity index (χ1v) is 6.20. The Bertz CT molecular complexity index is 263. The van der Waals surface area contributed by atoms with Gasteiger partial charge in [-0.25, -0.2) is 0 Å². The maximum atomic E-state index is 12.2. The Morgan fingerprint density at radius 1 is 1.22 bits per heavy atom. The molecule has 1 amide bonds. The Morgan fingerprint density at radius 2 is 1.83 bits per heavy atom. The molecule has 0 atom stereocenters. The van der Waals surface area contributed by atoms with Crippen molar-refractivity contribution < 1.29 is 18.0 Å². The molecule has 0 unspecified atom stereocenters. The highest BCUT2D eigenvalue weighted by Gasteiger charge is 2.32. The Labute approximate surface area is 105 Å². The van der Waals surface area contributed by atoms with E-state index < -0.39 is 12.7 Å². The fourth-order valence-electron chi connectivity index (χ4n) is 1.94. The number of amides is 1. The largest absolute Gasteiger partial charge is 0.401 e. The van der Waals surface area contributed by atoms with Crippen LogP contribution in [-0.4, -0.2) is 67.7 Å². The van der Waals surface area contributed by atoms with Gasteiger partial charge in [-0.2, -0.15) is 13.2 Å². The van der Waals surface area contributed by atoms with Crippen LogP contribution in [-0.2, 0) is 4.79 Å². The van der Waals surface area contributed by atoms with Crippen molar-refractivity contribution in [3.8, 4) is 0 Å². The lowest BCUT2D eigenvalue weighted by atomic mass is 10.2. The molecule has 0 radical (unpaired) electrons. The number of hydrogen-bond acceptors (Lipinski definition) is 3. The zero-order chi connectivity index (χ0) is 13.6. The van der Waals surface area contributed by atoms with Crippen molar-refractivity contribution in [1.29, 1.82) is 0 Å². The van der Waals surface area contributed by atoms with Gasteiger partial charge < -0.3 is 10.2 Å². The van der Waals surface area contributed by atoms with Gasteiger partial charge in [0, 0.05) is 39.1 Å². The summed E-state index contributed by atoms with van der Waals surface area (Å²) in [5.41, 5.74) is 0. The molecule has 7 heteroatoms. The summed E-state index contributed by atoms with van der Waals surface area (Å²) in [6, 6.07) is 0. The van der Waals surface area contributed by atoms with Crippen LogP contribution in [0.5, 0.6) is 0 Å². The van der Waals surface area contributed by atoms with Gasteiger partial charge in [0.1, 0.15) is 0 Å². The van der Waals surface area contributed by atoms with E-state index in [1.54, 1.807) is 4.90 Å². The van der Waals surface area contributed by atoms with Crippen LogP contribution in [0.2, 0.25) is 0 Å². The highest BCUT2D eigenvalue weighted by molar-refractivity contribution is 5.76. The molecular formula is C11H20F3N3O. The summed E-state index contributed by atoms with van der Waals surface area (Å²) in [5, 5.41) is 3.05. The van der Waals surface area contributed by atoms with Crippen molar-refractivity contribution in [1.82, 2.24) is 15.1 Å². The van der Waals surface area contributed by atoms with Gasteiger partial charge in [0.25, 0.3) is 0 Å². The van der Waals surface area contributed by atoms with Crippen molar-refractivity contribution in [3.05, 3.63) is 0 Å². The van der Waals surface area contributed by atoms with E-state index in [0.29, 0.717) is 39.1 Å². The third kappa shape index (κ3) is 5.68. The Balaban J connectivity index is 2.24. The van der Waals surface area contributed by atoms with E-state index in [-0.39, 0.29) is 5.91 Å². The number of carbonyl (C=O) groups excluding carboxylic acids is 1. The lowest BCUT2D eigenvalue weighted by Crippen LogP contribution is -2.51. The van der Waals surface area contributed by atoms with Crippen molar-refractivity contribution in [2.75, 3.05) is 45.8 Å². The maximum Gasteiger partial charge on any atom is 0.401 e. The molecule has 0 bridgehead atoms. The predicted molar refractivity (Wildman–Crippen MR) is 62.2 cm³/mol. The van der Waals surface area contributed by atoms with Gasteiger partial charge in [0.2, 0.25) is 5.91 Å². The Hall–Kier alpha value is -0.820. The SMILES string of the molecule is CCNCCC(=O)N1CCN(CC(F)(F)F)CC1. The van der Waals surface area contributed by atoms with Crippen molar-refractivity contribution in [2.45, 2.75) is 19.5 Å². The third-order valence-corrected chi connectivity index (χ3v) is 2.89. The topological polar surface area (TPSA) is 35.6 Å². The van der Waals surface area contributed by atoms with Crippen LogP contribution in [0.3, 0.4) is 0 Å². The molecule has 0 aliphatic carbocycles. The molecule has 1 fully saturated rings. The molecular weight excluding hydrogens is 247 g/mol. The normalized spacial score (nSPS) is 18.1. The van der Waals surface area contributed by atoms with Gasteiger partial charge in [-0.15, -0.1) is 0 Å². The molecule has 0 aromatic rings. The van der Waals surface area contributed by atoms with Crippen molar-refractivity contribution >= 4 is 5.91 Å². The minimum atomic E-state index is -4.16. The first-order chi connectivity index (χ1) is 8.42. The number of carbonyl (C=O) groups is 1. The molecule has 0 spiro atoms. The van der Waals surface area contributed by atoms with Crippen LogP contribution < -0.4 is 5.32 Å². The molecule has 0 saturated carbocycles. The maximum absolute atomic E-state index is 12.2. The molecule has 0 aromatic heterocycles. The van der Waals surface area contributed by atoms with Crippen LogP contribution >= 0.6 is 0 Å². The minimum Gasteiger partial charge on any atom is -0.340 e. The molecule has 106 valence electrons. The molecule has 1 heterocycles. The predicted octanol–water partition coefficient (Wildman–Crippen LogP) is 0.692. The van der Waals surface area contributed by atoms with Gasteiger partial charge in [0.05, 0.1) is 6.54 Å². The van der Waals surface area contributed by atoms with E-state index in [1.165, 1.54) is 4.90 Å². The first kappa shape index (κ1) is 15.2. The van der Waals surface area contributed by atoms with Crippen molar-refractivity contribution in [3.63, 3.8) is 0 Å². The second-order valence-corrected chi connectivity index (χ2v) is 4.38. The summed E-state index contributed by atoms with van der Waals surface area (Å²) < 4.78 is 36.5.